The summed E-state index contributed by atoms with van der Waals surface area (Å²) in [5, 5.41) is 16.6. The first-order valence-electron chi connectivity index (χ1n) is 11.0. The molecule has 1 saturated carbocycles. The Morgan fingerprint density at radius 1 is 1.13 bits per heavy atom. The number of nitrogens with zero attached hydrogens (tertiary/aromatic N) is 4. The van der Waals surface area contributed by atoms with Crippen molar-refractivity contribution in [3.63, 3.8) is 0 Å². The number of tetrazole rings is 1. The van der Waals surface area contributed by atoms with Crippen LogP contribution >= 0.6 is 0 Å². The van der Waals surface area contributed by atoms with Gasteiger partial charge in [-0.3, -0.25) is 0 Å². The molecule has 0 aliphatic heterocycles. The monoisotopic (exact) mass is 419 g/mol. The number of ether oxygens (including phenoxy) is 1. The largest absolute Gasteiger partial charge is 0.462 e. The molecule has 162 valence electrons. The van der Waals surface area contributed by atoms with Gasteiger partial charge in [0.1, 0.15) is 0 Å². The smallest absolute Gasteiger partial charge is 0.338 e. The maximum absolute atomic E-state index is 12.0. The average Bonchev–Trinajstić information content (AvgIpc) is 3.31. The van der Waals surface area contributed by atoms with Gasteiger partial charge in [0, 0.05) is 6.54 Å². The lowest BCUT2D eigenvalue weighted by molar-refractivity contribution is 0.0526. The van der Waals surface area contributed by atoms with Crippen LogP contribution in [0.15, 0.2) is 54.6 Å². The minimum absolute atomic E-state index is 0.300. The van der Waals surface area contributed by atoms with Crippen LogP contribution in [-0.2, 0) is 16.8 Å². The third kappa shape index (κ3) is 4.66. The predicted molar refractivity (Wildman–Crippen MR) is 118 cm³/mol. The Hall–Kier alpha value is -3.06. The van der Waals surface area contributed by atoms with E-state index in [1.165, 1.54) is 5.56 Å². The molecular formula is C24H29N5O2. The van der Waals surface area contributed by atoms with Crippen LogP contribution in [0.5, 0.6) is 0 Å². The lowest BCUT2D eigenvalue weighted by Gasteiger charge is -2.39. The van der Waals surface area contributed by atoms with Gasteiger partial charge in [-0.1, -0.05) is 37.3 Å². The number of hydrogen-bond acceptors (Lipinski definition) is 6. The van der Waals surface area contributed by atoms with Crippen molar-refractivity contribution in [1.29, 1.82) is 0 Å². The van der Waals surface area contributed by atoms with Crippen molar-refractivity contribution in [2.75, 3.05) is 6.61 Å². The number of carbonyl (C=O) groups excluding carboxylic acids is 1. The second-order valence-corrected chi connectivity index (χ2v) is 8.29. The molecule has 1 N–H and O–H groups in total. The van der Waals surface area contributed by atoms with Gasteiger partial charge in [0.2, 0.25) is 0 Å². The fraction of sp³-hybridized carbons (Fsp3) is 0.417. The van der Waals surface area contributed by atoms with Gasteiger partial charge in [-0.2, -0.15) is 4.68 Å². The van der Waals surface area contributed by atoms with E-state index < -0.39 is 0 Å². The standard InChI is InChI=1S/C24H29N5O2/c1-3-31-22(30)20-9-11-21(12-10-20)29-23(26-27-28-29)24(15-13-18(2)14-16-24)25-17-19-7-5-4-6-8-19/h4-12,18,25H,3,13-17H2,1-2H3. The Labute approximate surface area is 182 Å². The number of carbonyl (C=O) groups is 1. The van der Waals surface area contributed by atoms with E-state index in [0.29, 0.717) is 18.1 Å². The molecule has 4 rings (SSSR count). The first kappa shape index (κ1) is 21.2. The van der Waals surface area contributed by atoms with Gasteiger partial charge in [0.25, 0.3) is 0 Å². The molecule has 1 fully saturated rings. The Morgan fingerprint density at radius 2 is 1.84 bits per heavy atom. The molecule has 2 aromatic carbocycles. The highest BCUT2D eigenvalue weighted by Gasteiger charge is 2.40. The van der Waals surface area contributed by atoms with Crippen LogP contribution in [0, 0.1) is 5.92 Å². The van der Waals surface area contributed by atoms with E-state index in [2.05, 4.69) is 52.0 Å². The summed E-state index contributed by atoms with van der Waals surface area (Å²) in [6, 6.07) is 17.6. The summed E-state index contributed by atoms with van der Waals surface area (Å²) in [7, 11) is 0. The third-order valence-electron chi connectivity index (χ3n) is 6.12. The van der Waals surface area contributed by atoms with Gasteiger partial charge in [0.05, 0.1) is 23.4 Å². The van der Waals surface area contributed by atoms with Crippen LogP contribution in [0.2, 0.25) is 0 Å². The van der Waals surface area contributed by atoms with Crippen molar-refractivity contribution >= 4 is 5.97 Å². The molecule has 0 saturated heterocycles. The van der Waals surface area contributed by atoms with Gasteiger partial charge in [-0.15, -0.1) is 5.10 Å². The molecule has 0 radical (unpaired) electrons. The van der Waals surface area contributed by atoms with Crippen molar-refractivity contribution in [3.8, 4) is 5.69 Å². The Morgan fingerprint density at radius 3 is 2.52 bits per heavy atom. The Balaban J connectivity index is 1.63. The molecule has 0 amide bonds. The van der Waals surface area contributed by atoms with E-state index in [9.17, 15) is 4.79 Å². The van der Waals surface area contributed by atoms with Gasteiger partial charge >= 0.3 is 5.97 Å². The van der Waals surface area contributed by atoms with Gasteiger partial charge in [0.15, 0.2) is 5.82 Å². The first-order chi connectivity index (χ1) is 15.1. The van der Waals surface area contributed by atoms with Gasteiger partial charge in [-0.05, 0) is 78.8 Å². The molecular weight excluding hydrogens is 390 g/mol. The normalized spacial score (nSPS) is 21.0. The van der Waals surface area contributed by atoms with Crippen molar-refractivity contribution in [3.05, 3.63) is 71.5 Å². The van der Waals surface area contributed by atoms with E-state index in [1.54, 1.807) is 23.7 Å². The SMILES string of the molecule is CCOC(=O)c1ccc(-n2nnnc2C2(NCc3ccccc3)CCC(C)CC2)cc1. The first-order valence-corrected chi connectivity index (χ1v) is 11.0. The molecule has 7 heteroatoms. The van der Waals surface area contributed by atoms with Crippen molar-refractivity contribution < 1.29 is 9.53 Å². The van der Waals surface area contributed by atoms with E-state index >= 15 is 0 Å². The summed E-state index contributed by atoms with van der Waals surface area (Å²) < 4.78 is 6.88. The molecule has 1 aliphatic rings. The Bertz CT molecular complexity index is 992. The summed E-state index contributed by atoms with van der Waals surface area (Å²) in [6.45, 7) is 5.21. The highest BCUT2D eigenvalue weighted by atomic mass is 16.5. The lowest BCUT2D eigenvalue weighted by Crippen LogP contribution is -2.46. The van der Waals surface area contributed by atoms with Crippen LogP contribution in [0.25, 0.3) is 5.69 Å². The zero-order chi connectivity index (χ0) is 21.7. The number of nitrogens with one attached hydrogen (secondary N) is 1. The molecule has 1 heterocycles. The third-order valence-corrected chi connectivity index (χ3v) is 6.12. The molecule has 1 aliphatic carbocycles. The Kier molecular flexibility index (Phi) is 6.42. The van der Waals surface area contributed by atoms with E-state index in [1.807, 2.05) is 18.2 Å². The van der Waals surface area contributed by atoms with Crippen molar-refractivity contribution in [1.82, 2.24) is 25.5 Å². The van der Waals surface area contributed by atoms with Gasteiger partial charge < -0.3 is 10.1 Å². The number of aromatic nitrogens is 4. The molecule has 3 aromatic rings. The molecule has 0 unspecified atom stereocenters. The summed E-state index contributed by atoms with van der Waals surface area (Å²) in [4.78, 5) is 12.0. The zero-order valence-corrected chi connectivity index (χ0v) is 18.1. The van der Waals surface area contributed by atoms with Crippen LogP contribution in [0.1, 0.15) is 61.3 Å². The molecule has 0 spiro atoms. The molecule has 31 heavy (non-hydrogen) atoms. The molecule has 1 aromatic heterocycles. The van der Waals surface area contributed by atoms with Crippen molar-refractivity contribution in [2.24, 2.45) is 5.92 Å². The minimum atomic E-state index is -0.326. The second-order valence-electron chi connectivity index (χ2n) is 8.29. The topological polar surface area (TPSA) is 81.9 Å². The quantitative estimate of drug-likeness (QED) is 0.582. The summed E-state index contributed by atoms with van der Waals surface area (Å²) >= 11 is 0. The predicted octanol–water partition coefficient (Wildman–Crippen LogP) is 4.03. The maximum atomic E-state index is 12.0. The minimum Gasteiger partial charge on any atom is -0.462 e. The van der Waals surface area contributed by atoms with Crippen LogP contribution < -0.4 is 5.32 Å². The molecule has 0 atom stereocenters. The number of benzene rings is 2. The van der Waals surface area contributed by atoms with Crippen LogP contribution in [0.3, 0.4) is 0 Å². The molecule has 0 bridgehead atoms. The number of esters is 1. The van der Waals surface area contributed by atoms with E-state index in [0.717, 1.165) is 43.7 Å². The fourth-order valence-corrected chi connectivity index (χ4v) is 4.21. The highest BCUT2D eigenvalue weighted by Crippen LogP contribution is 2.39. The van der Waals surface area contributed by atoms with Gasteiger partial charge in [-0.25, -0.2) is 4.79 Å². The highest BCUT2D eigenvalue weighted by molar-refractivity contribution is 5.89. The second kappa shape index (κ2) is 9.39. The summed E-state index contributed by atoms with van der Waals surface area (Å²) in [5.74, 6) is 1.19. The van der Waals surface area contributed by atoms with Crippen LogP contribution in [0.4, 0.5) is 0 Å². The van der Waals surface area contributed by atoms with E-state index in [-0.39, 0.29) is 11.5 Å². The summed E-state index contributed by atoms with van der Waals surface area (Å²) in [6.07, 6.45) is 4.19. The average molecular weight is 420 g/mol. The fourth-order valence-electron chi connectivity index (χ4n) is 4.21. The number of hydrogen-bond donors (Lipinski definition) is 1. The molecule has 7 nitrogen and oxygen atoms in total. The summed E-state index contributed by atoms with van der Waals surface area (Å²) in [5.41, 5.74) is 2.28. The van der Waals surface area contributed by atoms with Crippen molar-refractivity contribution in [2.45, 2.75) is 51.6 Å². The van der Waals surface area contributed by atoms with E-state index in [4.69, 9.17) is 4.74 Å². The lowest BCUT2D eigenvalue weighted by atomic mass is 9.76. The zero-order valence-electron chi connectivity index (χ0n) is 18.1. The number of rotatable bonds is 7. The van der Waals surface area contributed by atoms with Crippen LogP contribution in [-0.4, -0.2) is 32.8 Å². The maximum Gasteiger partial charge on any atom is 0.338 e.